The summed E-state index contributed by atoms with van der Waals surface area (Å²) in [4.78, 5) is 39.8. The summed E-state index contributed by atoms with van der Waals surface area (Å²) in [5.74, 6) is -1.33. The van der Waals surface area contributed by atoms with Gasteiger partial charge in [-0.1, -0.05) is 35.3 Å². The van der Waals surface area contributed by atoms with E-state index in [1.807, 2.05) is 26.0 Å². The van der Waals surface area contributed by atoms with Gasteiger partial charge in [-0.15, -0.1) is 0 Å². The van der Waals surface area contributed by atoms with Gasteiger partial charge in [0.15, 0.2) is 0 Å². The van der Waals surface area contributed by atoms with Gasteiger partial charge in [-0.25, -0.2) is 4.90 Å². The van der Waals surface area contributed by atoms with Gasteiger partial charge in [0.05, 0.1) is 27.5 Å². The summed E-state index contributed by atoms with van der Waals surface area (Å²) in [6, 6.07) is 14.7. The zero-order chi connectivity index (χ0) is 21.6. The van der Waals surface area contributed by atoms with Crippen LogP contribution in [0.1, 0.15) is 42.2 Å². The lowest BCUT2D eigenvalue weighted by Crippen LogP contribution is -2.30. The number of anilines is 2. The third-order valence-corrected chi connectivity index (χ3v) is 5.50. The number of hydrogen-bond acceptors (Lipinski definition) is 3. The highest BCUT2D eigenvalue weighted by molar-refractivity contribution is 6.36. The molecule has 150 valence electrons. The number of amides is 3. The number of imide groups is 1. The molecule has 1 heterocycles. The van der Waals surface area contributed by atoms with Crippen molar-refractivity contribution in [2.75, 3.05) is 10.2 Å². The fourth-order valence-electron chi connectivity index (χ4n) is 3.35. The van der Waals surface area contributed by atoms with E-state index in [-0.39, 0.29) is 16.7 Å². The molecule has 3 aromatic rings. The largest absolute Gasteiger partial charge is 0.321 e. The van der Waals surface area contributed by atoms with Crippen molar-refractivity contribution in [1.29, 1.82) is 0 Å². The zero-order valence-corrected chi connectivity index (χ0v) is 17.6. The van der Waals surface area contributed by atoms with Gasteiger partial charge in [-0.05, 0) is 67.4 Å². The minimum atomic E-state index is -0.465. The van der Waals surface area contributed by atoms with E-state index in [0.29, 0.717) is 21.4 Å². The van der Waals surface area contributed by atoms with Gasteiger partial charge in [0.1, 0.15) is 0 Å². The number of nitrogens with zero attached hydrogens (tertiary/aromatic N) is 1. The SMILES string of the molecule is Cc1ccc(C)c(N2C(=O)c3ccc(C(=O)Nc4cc(Cl)ccc4Cl)cc3C2=O)c1. The van der Waals surface area contributed by atoms with E-state index in [2.05, 4.69) is 5.32 Å². The Bertz CT molecular complexity index is 1240. The number of carbonyl (C=O) groups excluding carboxylic acids is 3. The quantitative estimate of drug-likeness (QED) is 0.536. The molecule has 1 N–H and O–H groups in total. The molecule has 1 aliphatic rings. The molecule has 3 aromatic carbocycles. The van der Waals surface area contributed by atoms with Crippen molar-refractivity contribution in [3.8, 4) is 0 Å². The van der Waals surface area contributed by atoms with Gasteiger partial charge < -0.3 is 5.32 Å². The van der Waals surface area contributed by atoms with Crippen molar-refractivity contribution in [2.45, 2.75) is 13.8 Å². The van der Waals surface area contributed by atoms with E-state index in [0.717, 1.165) is 16.0 Å². The first-order valence-corrected chi connectivity index (χ1v) is 9.88. The molecule has 1 aliphatic heterocycles. The normalized spacial score (nSPS) is 12.9. The van der Waals surface area contributed by atoms with Crippen molar-refractivity contribution < 1.29 is 14.4 Å². The first-order chi connectivity index (χ1) is 14.3. The van der Waals surface area contributed by atoms with Crippen molar-refractivity contribution in [2.24, 2.45) is 0 Å². The number of fused-ring (bicyclic) bond motifs is 1. The lowest BCUT2D eigenvalue weighted by atomic mass is 10.1. The minimum Gasteiger partial charge on any atom is -0.321 e. The van der Waals surface area contributed by atoms with E-state index in [1.165, 1.54) is 24.3 Å². The molecule has 0 radical (unpaired) electrons. The van der Waals surface area contributed by atoms with Crippen LogP contribution in [0.4, 0.5) is 11.4 Å². The van der Waals surface area contributed by atoms with Gasteiger partial charge in [0.2, 0.25) is 0 Å². The fourth-order valence-corrected chi connectivity index (χ4v) is 3.69. The lowest BCUT2D eigenvalue weighted by molar-refractivity contribution is 0.0925. The molecule has 0 unspecified atom stereocenters. The smallest absolute Gasteiger partial charge is 0.266 e. The predicted molar refractivity (Wildman–Crippen MR) is 118 cm³/mol. The van der Waals surface area contributed by atoms with Gasteiger partial charge in [0.25, 0.3) is 17.7 Å². The Morgan fingerprint density at radius 2 is 1.60 bits per heavy atom. The fraction of sp³-hybridized carbons (Fsp3) is 0.0870. The Kier molecular flexibility index (Phi) is 5.10. The lowest BCUT2D eigenvalue weighted by Gasteiger charge is -2.17. The molecular formula is C23H16Cl2N2O3. The number of aryl methyl sites for hydroxylation is 2. The first-order valence-electron chi connectivity index (χ1n) is 9.13. The highest BCUT2D eigenvalue weighted by atomic mass is 35.5. The molecule has 0 saturated heterocycles. The summed E-state index contributed by atoms with van der Waals surface area (Å²) in [5, 5.41) is 3.44. The van der Waals surface area contributed by atoms with Crippen LogP contribution in [0.5, 0.6) is 0 Å². The molecule has 0 aliphatic carbocycles. The molecule has 0 spiro atoms. The number of carbonyl (C=O) groups is 3. The molecule has 0 atom stereocenters. The van der Waals surface area contributed by atoms with Crippen LogP contribution >= 0.6 is 23.2 Å². The van der Waals surface area contributed by atoms with Crippen LogP contribution < -0.4 is 10.2 Å². The summed E-state index contributed by atoms with van der Waals surface area (Å²) in [7, 11) is 0. The summed E-state index contributed by atoms with van der Waals surface area (Å²) in [6.07, 6.45) is 0. The average molecular weight is 439 g/mol. The molecule has 0 bridgehead atoms. The maximum absolute atomic E-state index is 13.0. The summed E-state index contributed by atoms with van der Waals surface area (Å²) in [5.41, 5.74) is 3.32. The number of hydrogen-bond donors (Lipinski definition) is 1. The molecular weight excluding hydrogens is 423 g/mol. The summed E-state index contributed by atoms with van der Waals surface area (Å²) >= 11 is 12.1. The van der Waals surface area contributed by atoms with Gasteiger partial charge in [-0.2, -0.15) is 0 Å². The van der Waals surface area contributed by atoms with Crippen molar-refractivity contribution in [3.05, 3.63) is 92.5 Å². The van der Waals surface area contributed by atoms with E-state index >= 15 is 0 Å². The number of nitrogens with one attached hydrogen (secondary N) is 1. The second-order valence-corrected chi connectivity index (χ2v) is 7.92. The highest BCUT2D eigenvalue weighted by Gasteiger charge is 2.37. The monoisotopic (exact) mass is 438 g/mol. The molecule has 3 amide bonds. The minimum absolute atomic E-state index is 0.186. The topological polar surface area (TPSA) is 66.5 Å². The molecule has 0 fully saturated rings. The maximum atomic E-state index is 13.0. The van der Waals surface area contributed by atoms with Crippen LogP contribution in [0.2, 0.25) is 10.0 Å². The standard InChI is InChI=1S/C23H16Cl2N2O3/c1-12-3-4-13(2)20(9-12)27-22(29)16-7-5-14(10-17(16)23(27)30)21(28)26-19-11-15(24)6-8-18(19)25/h3-11H,1-2H3,(H,26,28). The number of benzene rings is 3. The molecule has 7 heteroatoms. The highest BCUT2D eigenvalue weighted by Crippen LogP contribution is 2.32. The molecule has 0 aromatic heterocycles. The van der Waals surface area contributed by atoms with Crippen LogP contribution in [0.25, 0.3) is 0 Å². The van der Waals surface area contributed by atoms with Crippen molar-refractivity contribution >= 4 is 52.3 Å². The Labute approximate surface area is 183 Å². The van der Waals surface area contributed by atoms with Crippen molar-refractivity contribution in [1.82, 2.24) is 0 Å². The van der Waals surface area contributed by atoms with Gasteiger partial charge in [0, 0.05) is 10.6 Å². The molecule has 30 heavy (non-hydrogen) atoms. The predicted octanol–water partition coefficient (Wildman–Crippen LogP) is 5.66. The molecule has 0 saturated carbocycles. The number of rotatable bonds is 3. The second kappa shape index (κ2) is 7.59. The van der Waals surface area contributed by atoms with E-state index < -0.39 is 17.7 Å². The van der Waals surface area contributed by atoms with Crippen LogP contribution in [0, 0.1) is 13.8 Å². The van der Waals surface area contributed by atoms with Gasteiger partial charge >= 0.3 is 0 Å². The summed E-state index contributed by atoms with van der Waals surface area (Å²) < 4.78 is 0. The summed E-state index contributed by atoms with van der Waals surface area (Å²) in [6.45, 7) is 3.73. The van der Waals surface area contributed by atoms with Crippen LogP contribution in [-0.4, -0.2) is 17.7 Å². The van der Waals surface area contributed by atoms with E-state index in [9.17, 15) is 14.4 Å². The Morgan fingerprint density at radius 3 is 2.37 bits per heavy atom. The number of halogens is 2. The third-order valence-electron chi connectivity index (χ3n) is 4.93. The molecule has 4 rings (SSSR count). The van der Waals surface area contributed by atoms with E-state index in [4.69, 9.17) is 23.2 Å². The zero-order valence-electron chi connectivity index (χ0n) is 16.1. The Balaban J connectivity index is 1.67. The first kappa shape index (κ1) is 20.1. The Morgan fingerprint density at radius 1 is 0.867 bits per heavy atom. The van der Waals surface area contributed by atoms with Crippen LogP contribution in [0.15, 0.2) is 54.6 Å². The van der Waals surface area contributed by atoms with E-state index in [1.54, 1.807) is 18.2 Å². The van der Waals surface area contributed by atoms with Crippen LogP contribution in [-0.2, 0) is 0 Å². The van der Waals surface area contributed by atoms with Crippen molar-refractivity contribution in [3.63, 3.8) is 0 Å². The second-order valence-electron chi connectivity index (χ2n) is 7.07. The Hall–Kier alpha value is -3.15. The molecule has 5 nitrogen and oxygen atoms in total. The maximum Gasteiger partial charge on any atom is 0.266 e. The third kappa shape index (κ3) is 3.47. The van der Waals surface area contributed by atoms with Crippen LogP contribution in [0.3, 0.4) is 0 Å². The van der Waals surface area contributed by atoms with Gasteiger partial charge in [-0.3, -0.25) is 14.4 Å². The average Bonchev–Trinajstić information content (AvgIpc) is 2.96.